The Hall–Kier alpha value is -1.69. The minimum Gasteiger partial charge on any atom is -0.325 e. The summed E-state index contributed by atoms with van der Waals surface area (Å²) in [6, 6.07) is 10.4. The molecule has 0 unspecified atom stereocenters. The van der Waals surface area contributed by atoms with Crippen molar-refractivity contribution in [3.63, 3.8) is 0 Å². The Bertz CT molecular complexity index is 689. The summed E-state index contributed by atoms with van der Waals surface area (Å²) in [4.78, 5) is 18.1. The Kier molecular flexibility index (Phi) is 6.24. The molecular weight excluding hydrogens is 330 g/mol. The van der Waals surface area contributed by atoms with Gasteiger partial charge in [-0.05, 0) is 74.6 Å². The van der Waals surface area contributed by atoms with Gasteiger partial charge >= 0.3 is 0 Å². The lowest BCUT2D eigenvalue weighted by molar-refractivity contribution is -0.117. The lowest BCUT2D eigenvalue weighted by Gasteiger charge is -2.17. The summed E-state index contributed by atoms with van der Waals surface area (Å²) < 4.78 is 0. The average molecular weight is 358 g/mol. The Morgan fingerprint density at radius 3 is 2.56 bits per heavy atom. The number of aryl methyl sites for hydroxylation is 1. The first-order chi connectivity index (χ1) is 12.1. The second-order valence-corrected chi connectivity index (χ2v) is 7.93. The molecule has 0 saturated carbocycles. The SMILES string of the molecule is Cc1ccsc1CN(C)CC(=O)Nc1ccc(CN2CCCC2)cc1. The minimum absolute atomic E-state index is 0.0315. The maximum Gasteiger partial charge on any atom is 0.238 e. The van der Waals surface area contributed by atoms with E-state index in [0.717, 1.165) is 18.8 Å². The molecule has 2 aromatic rings. The molecule has 4 nitrogen and oxygen atoms in total. The second kappa shape index (κ2) is 8.61. The third-order valence-electron chi connectivity index (χ3n) is 4.64. The first-order valence-electron chi connectivity index (χ1n) is 8.93. The normalized spacial score (nSPS) is 15.0. The highest BCUT2D eigenvalue weighted by Crippen LogP contribution is 2.18. The van der Waals surface area contributed by atoms with Gasteiger partial charge in [-0.25, -0.2) is 0 Å². The molecule has 1 saturated heterocycles. The minimum atomic E-state index is 0.0315. The molecule has 0 bridgehead atoms. The van der Waals surface area contributed by atoms with E-state index in [9.17, 15) is 4.79 Å². The summed E-state index contributed by atoms with van der Waals surface area (Å²) in [6.45, 7) is 6.74. The van der Waals surface area contributed by atoms with E-state index in [-0.39, 0.29) is 5.91 Å². The Morgan fingerprint density at radius 2 is 1.92 bits per heavy atom. The van der Waals surface area contributed by atoms with Gasteiger partial charge in [0.2, 0.25) is 5.91 Å². The molecule has 1 N–H and O–H groups in total. The largest absolute Gasteiger partial charge is 0.325 e. The average Bonchev–Trinajstić information content (AvgIpc) is 3.22. The predicted molar refractivity (Wildman–Crippen MR) is 105 cm³/mol. The highest BCUT2D eigenvalue weighted by atomic mass is 32.1. The molecule has 134 valence electrons. The van der Waals surface area contributed by atoms with E-state index >= 15 is 0 Å². The van der Waals surface area contributed by atoms with Crippen molar-refractivity contribution in [2.45, 2.75) is 32.9 Å². The third-order valence-corrected chi connectivity index (χ3v) is 5.65. The third kappa shape index (κ3) is 5.39. The fourth-order valence-electron chi connectivity index (χ4n) is 3.21. The van der Waals surface area contributed by atoms with Crippen LogP contribution in [0.5, 0.6) is 0 Å². The van der Waals surface area contributed by atoms with Gasteiger partial charge in [0.1, 0.15) is 0 Å². The van der Waals surface area contributed by atoms with Gasteiger partial charge in [-0.2, -0.15) is 0 Å². The molecule has 0 aliphatic carbocycles. The van der Waals surface area contributed by atoms with Crippen LogP contribution in [0.25, 0.3) is 0 Å². The molecule has 5 heteroatoms. The number of rotatable bonds is 7. The summed E-state index contributed by atoms with van der Waals surface area (Å²) in [6.07, 6.45) is 2.62. The van der Waals surface area contributed by atoms with Crippen LogP contribution in [0.3, 0.4) is 0 Å². The van der Waals surface area contributed by atoms with E-state index in [1.807, 2.05) is 19.2 Å². The number of benzene rings is 1. The number of carbonyl (C=O) groups excluding carboxylic acids is 1. The number of carbonyl (C=O) groups is 1. The standard InChI is InChI=1S/C20H27N3OS/c1-16-9-12-25-19(16)14-22(2)15-20(24)21-18-7-5-17(6-8-18)13-23-10-3-4-11-23/h5-9,12H,3-4,10-11,13-15H2,1-2H3,(H,21,24). The van der Waals surface area contributed by atoms with Gasteiger partial charge in [-0.15, -0.1) is 11.3 Å². The van der Waals surface area contributed by atoms with Gasteiger partial charge in [-0.1, -0.05) is 12.1 Å². The van der Waals surface area contributed by atoms with Gasteiger partial charge in [-0.3, -0.25) is 14.6 Å². The first kappa shape index (κ1) is 18.1. The van der Waals surface area contributed by atoms with Gasteiger partial charge in [0.15, 0.2) is 0 Å². The highest BCUT2D eigenvalue weighted by molar-refractivity contribution is 7.10. The number of hydrogen-bond donors (Lipinski definition) is 1. The zero-order valence-corrected chi connectivity index (χ0v) is 15.9. The Morgan fingerprint density at radius 1 is 1.20 bits per heavy atom. The predicted octanol–water partition coefficient (Wildman–Crippen LogP) is 3.72. The van der Waals surface area contributed by atoms with E-state index in [1.165, 1.54) is 41.9 Å². The summed E-state index contributed by atoms with van der Waals surface area (Å²) >= 11 is 1.75. The van der Waals surface area contributed by atoms with E-state index in [0.29, 0.717) is 6.54 Å². The lowest BCUT2D eigenvalue weighted by Crippen LogP contribution is -2.29. The fourth-order valence-corrected chi connectivity index (χ4v) is 4.19. The van der Waals surface area contributed by atoms with Crippen LogP contribution in [0.2, 0.25) is 0 Å². The molecular formula is C20H27N3OS. The van der Waals surface area contributed by atoms with Crippen molar-refractivity contribution in [1.82, 2.24) is 9.80 Å². The summed E-state index contributed by atoms with van der Waals surface area (Å²) in [5, 5.41) is 5.10. The van der Waals surface area contributed by atoms with Crippen LogP contribution in [0, 0.1) is 6.92 Å². The van der Waals surface area contributed by atoms with Crippen LogP contribution < -0.4 is 5.32 Å². The molecule has 1 aromatic heterocycles. The highest BCUT2D eigenvalue weighted by Gasteiger charge is 2.12. The number of nitrogens with one attached hydrogen (secondary N) is 1. The first-order valence-corrected chi connectivity index (χ1v) is 9.81. The summed E-state index contributed by atoms with van der Waals surface area (Å²) in [5.41, 5.74) is 3.48. The maximum absolute atomic E-state index is 12.2. The summed E-state index contributed by atoms with van der Waals surface area (Å²) in [7, 11) is 1.98. The number of hydrogen-bond acceptors (Lipinski definition) is 4. The van der Waals surface area contributed by atoms with E-state index < -0.39 is 0 Å². The van der Waals surface area contributed by atoms with E-state index in [1.54, 1.807) is 11.3 Å². The molecule has 2 heterocycles. The van der Waals surface area contributed by atoms with Gasteiger partial charge in [0, 0.05) is 23.7 Å². The molecule has 1 aromatic carbocycles. The molecule has 1 aliphatic rings. The zero-order valence-electron chi connectivity index (χ0n) is 15.1. The van der Waals surface area contributed by atoms with Crippen LogP contribution in [-0.4, -0.2) is 42.4 Å². The van der Waals surface area contributed by atoms with Crippen LogP contribution in [-0.2, 0) is 17.9 Å². The molecule has 1 aliphatic heterocycles. The van der Waals surface area contributed by atoms with Crippen LogP contribution >= 0.6 is 11.3 Å². The fraction of sp³-hybridized carbons (Fsp3) is 0.450. The van der Waals surface area contributed by atoms with Crippen molar-refractivity contribution in [1.29, 1.82) is 0 Å². The monoisotopic (exact) mass is 357 g/mol. The molecule has 3 rings (SSSR count). The van der Waals surface area contributed by atoms with Crippen molar-refractivity contribution in [2.24, 2.45) is 0 Å². The molecule has 25 heavy (non-hydrogen) atoms. The Balaban J connectivity index is 1.46. The van der Waals surface area contributed by atoms with Crippen LogP contribution in [0.1, 0.15) is 28.8 Å². The number of amides is 1. The van der Waals surface area contributed by atoms with Crippen LogP contribution in [0.4, 0.5) is 5.69 Å². The van der Waals surface area contributed by atoms with Crippen LogP contribution in [0.15, 0.2) is 35.7 Å². The van der Waals surface area contributed by atoms with Gasteiger partial charge in [0.25, 0.3) is 0 Å². The van der Waals surface area contributed by atoms with Crippen molar-refractivity contribution >= 4 is 22.9 Å². The number of likely N-dealkylation sites (N-methyl/N-ethyl adjacent to an activating group) is 1. The van der Waals surface area contributed by atoms with Gasteiger partial charge < -0.3 is 5.32 Å². The van der Waals surface area contributed by atoms with Crippen molar-refractivity contribution in [3.05, 3.63) is 51.7 Å². The van der Waals surface area contributed by atoms with Crippen molar-refractivity contribution in [3.8, 4) is 0 Å². The van der Waals surface area contributed by atoms with E-state index in [2.05, 4.69) is 45.6 Å². The number of anilines is 1. The van der Waals surface area contributed by atoms with E-state index in [4.69, 9.17) is 0 Å². The quantitative estimate of drug-likeness (QED) is 0.820. The maximum atomic E-state index is 12.2. The molecule has 0 atom stereocenters. The molecule has 0 radical (unpaired) electrons. The van der Waals surface area contributed by atoms with Gasteiger partial charge in [0.05, 0.1) is 6.54 Å². The lowest BCUT2D eigenvalue weighted by atomic mass is 10.2. The van der Waals surface area contributed by atoms with Crippen molar-refractivity contribution in [2.75, 3.05) is 32.0 Å². The molecule has 1 amide bonds. The zero-order chi connectivity index (χ0) is 17.6. The number of likely N-dealkylation sites (tertiary alicyclic amines) is 1. The van der Waals surface area contributed by atoms with Crippen molar-refractivity contribution < 1.29 is 4.79 Å². The topological polar surface area (TPSA) is 35.6 Å². The number of nitrogens with zero attached hydrogens (tertiary/aromatic N) is 2. The second-order valence-electron chi connectivity index (χ2n) is 6.93. The molecule has 1 fully saturated rings. The molecule has 0 spiro atoms. The number of thiophene rings is 1. The summed E-state index contributed by atoms with van der Waals surface area (Å²) in [5.74, 6) is 0.0315. The smallest absolute Gasteiger partial charge is 0.238 e. The Labute approximate surface area is 154 Å².